The van der Waals surface area contributed by atoms with Gasteiger partial charge in [-0.2, -0.15) is 0 Å². The van der Waals surface area contributed by atoms with E-state index in [1.165, 1.54) is 12.1 Å². The first-order valence-corrected chi connectivity index (χ1v) is 5.66. The highest BCUT2D eigenvalue weighted by atomic mass is 19.1. The molecule has 2 aromatic rings. The van der Waals surface area contributed by atoms with Crippen LogP contribution in [0.4, 0.5) is 10.1 Å². The molecule has 2 rings (SSSR count). The molecule has 2 nitrogen and oxygen atoms in total. The highest BCUT2D eigenvalue weighted by Gasteiger charge is 2.17. The van der Waals surface area contributed by atoms with E-state index < -0.39 is 0 Å². The van der Waals surface area contributed by atoms with Crippen molar-refractivity contribution in [2.75, 3.05) is 5.73 Å². The second kappa shape index (κ2) is 4.61. The molecule has 0 saturated heterocycles. The number of anilines is 1. The van der Waals surface area contributed by atoms with Gasteiger partial charge in [-0.25, -0.2) is 4.39 Å². The maximum atomic E-state index is 13.2. The van der Waals surface area contributed by atoms with Gasteiger partial charge in [-0.1, -0.05) is 12.1 Å². The predicted molar refractivity (Wildman–Crippen MR) is 70.2 cm³/mol. The van der Waals surface area contributed by atoms with Crippen LogP contribution in [-0.2, 0) is 0 Å². The molecule has 0 aliphatic rings. The van der Waals surface area contributed by atoms with Gasteiger partial charge in [0.25, 0.3) is 0 Å². The maximum Gasteiger partial charge on any atom is 0.195 e. The van der Waals surface area contributed by atoms with E-state index in [2.05, 4.69) is 0 Å². The largest absolute Gasteiger partial charge is 0.398 e. The Bertz CT molecular complexity index is 597. The van der Waals surface area contributed by atoms with Crippen molar-refractivity contribution in [3.8, 4) is 0 Å². The monoisotopic (exact) mass is 243 g/mol. The zero-order chi connectivity index (χ0) is 13.3. The summed E-state index contributed by atoms with van der Waals surface area (Å²) in [6, 6.07) is 9.62. The van der Waals surface area contributed by atoms with Crippen molar-refractivity contribution in [1.29, 1.82) is 0 Å². The average molecular weight is 243 g/mol. The summed E-state index contributed by atoms with van der Waals surface area (Å²) < 4.78 is 13.2. The van der Waals surface area contributed by atoms with Crippen LogP contribution in [0.5, 0.6) is 0 Å². The van der Waals surface area contributed by atoms with Crippen LogP contribution >= 0.6 is 0 Å². The number of ketones is 1. The summed E-state index contributed by atoms with van der Waals surface area (Å²) in [7, 11) is 0. The molecule has 0 unspecified atom stereocenters. The zero-order valence-corrected chi connectivity index (χ0v) is 10.3. The van der Waals surface area contributed by atoms with Crippen molar-refractivity contribution >= 4 is 11.5 Å². The van der Waals surface area contributed by atoms with Crippen molar-refractivity contribution < 1.29 is 9.18 Å². The summed E-state index contributed by atoms with van der Waals surface area (Å²) in [5.74, 6) is -0.495. The molecule has 0 radical (unpaired) electrons. The number of carbonyl (C=O) groups excluding carboxylic acids is 1. The fourth-order valence-corrected chi connectivity index (χ4v) is 2.11. The topological polar surface area (TPSA) is 43.1 Å². The first-order chi connectivity index (χ1) is 8.50. The van der Waals surface area contributed by atoms with Gasteiger partial charge in [-0.3, -0.25) is 4.79 Å². The number of hydrogen-bond acceptors (Lipinski definition) is 2. The predicted octanol–water partition coefficient (Wildman–Crippen LogP) is 3.26. The summed E-state index contributed by atoms with van der Waals surface area (Å²) >= 11 is 0. The van der Waals surface area contributed by atoms with E-state index in [0.717, 1.165) is 0 Å². The lowest BCUT2D eigenvalue weighted by molar-refractivity contribution is 0.103. The molecular formula is C15H14FNO. The molecule has 0 aliphatic carbocycles. The third-order valence-corrected chi connectivity index (χ3v) is 2.93. The van der Waals surface area contributed by atoms with Gasteiger partial charge in [-0.05, 0) is 49.2 Å². The van der Waals surface area contributed by atoms with Crippen LogP contribution in [0.2, 0.25) is 0 Å². The van der Waals surface area contributed by atoms with Crippen LogP contribution in [0.3, 0.4) is 0 Å². The Morgan fingerprint density at radius 2 is 1.67 bits per heavy atom. The molecule has 3 heteroatoms. The fraction of sp³-hybridized carbons (Fsp3) is 0.133. The van der Waals surface area contributed by atoms with E-state index in [4.69, 9.17) is 5.73 Å². The third-order valence-electron chi connectivity index (χ3n) is 2.93. The molecule has 0 heterocycles. The van der Waals surface area contributed by atoms with Crippen molar-refractivity contribution in [3.05, 3.63) is 64.5 Å². The molecule has 0 atom stereocenters. The Morgan fingerprint density at radius 1 is 1.11 bits per heavy atom. The molecule has 0 amide bonds. The van der Waals surface area contributed by atoms with Crippen LogP contribution in [0, 0.1) is 19.7 Å². The van der Waals surface area contributed by atoms with Crippen LogP contribution in [0.1, 0.15) is 27.0 Å². The van der Waals surface area contributed by atoms with E-state index in [1.807, 2.05) is 0 Å². The standard InChI is InChI=1S/C15H14FNO/c1-9-7-11(16)8-10(2)14(9)15(18)12-5-3-4-6-13(12)17/h3-8H,17H2,1-2H3. The number of rotatable bonds is 2. The van der Waals surface area contributed by atoms with Crippen LogP contribution < -0.4 is 5.73 Å². The van der Waals surface area contributed by atoms with Gasteiger partial charge in [0.1, 0.15) is 5.82 Å². The van der Waals surface area contributed by atoms with Crippen molar-refractivity contribution in [2.45, 2.75) is 13.8 Å². The second-order valence-corrected chi connectivity index (χ2v) is 4.33. The summed E-state index contributed by atoms with van der Waals surface area (Å²) in [6.45, 7) is 3.45. The molecule has 0 spiro atoms. The maximum absolute atomic E-state index is 13.2. The Balaban J connectivity index is 2.57. The quantitative estimate of drug-likeness (QED) is 0.650. The molecular weight excluding hydrogens is 229 g/mol. The summed E-state index contributed by atoms with van der Waals surface area (Å²) in [5.41, 5.74) is 8.46. The molecule has 2 N–H and O–H groups in total. The number of halogens is 1. The van der Waals surface area contributed by atoms with E-state index in [9.17, 15) is 9.18 Å². The Kier molecular flexibility index (Phi) is 3.15. The molecule has 2 aromatic carbocycles. The van der Waals surface area contributed by atoms with Crippen molar-refractivity contribution in [2.24, 2.45) is 0 Å². The number of nitrogen functional groups attached to an aromatic ring is 1. The molecule has 0 aliphatic heterocycles. The lowest BCUT2D eigenvalue weighted by Gasteiger charge is -2.10. The Morgan fingerprint density at radius 3 is 2.22 bits per heavy atom. The number of carbonyl (C=O) groups is 1. The van der Waals surface area contributed by atoms with Gasteiger partial charge in [-0.15, -0.1) is 0 Å². The van der Waals surface area contributed by atoms with Crippen molar-refractivity contribution in [3.63, 3.8) is 0 Å². The van der Waals surface area contributed by atoms with Crippen LogP contribution in [0.15, 0.2) is 36.4 Å². The number of hydrogen-bond donors (Lipinski definition) is 1. The molecule has 0 bridgehead atoms. The molecule has 18 heavy (non-hydrogen) atoms. The summed E-state index contributed by atoms with van der Waals surface area (Å²) in [6.07, 6.45) is 0. The molecule has 0 aromatic heterocycles. The molecule has 92 valence electrons. The van der Waals surface area contributed by atoms with Gasteiger partial charge < -0.3 is 5.73 Å². The Hall–Kier alpha value is -2.16. The third kappa shape index (κ3) is 2.12. The second-order valence-electron chi connectivity index (χ2n) is 4.33. The van der Waals surface area contributed by atoms with Crippen molar-refractivity contribution in [1.82, 2.24) is 0 Å². The lowest BCUT2D eigenvalue weighted by atomic mass is 9.94. The Labute approximate surface area is 105 Å². The van der Waals surface area contributed by atoms with E-state index in [1.54, 1.807) is 38.1 Å². The van der Waals surface area contributed by atoms with E-state index in [-0.39, 0.29) is 11.6 Å². The number of nitrogens with two attached hydrogens (primary N) is 1. The van der Waals surface area contributed by atoms with Gasteiger partial charge in [0.2, 0.25) is 0 Å². The van der Waals surface area contributed by atoms with Crippen LogP contribution in [-0.4, -0.2) is 5.78 Å². The van der Waals surface area contributed by atoms with E-state index in [0.29, 0.717) is 27.9 Å². The number of benzene rings is 2. The minimum Gasteiger partial charge on any atom is -0.398 e. The number of para-hydroxylation sites is 1. The normalized spacial score (nSPS) is 10.4. The fourth-order valence-electron chi connectivity index (χ4n) is 2.11. The number of aryl methyl sites for hydroxylation is 2. The SMILES string of the molecule is Cc1cc(F)cc(C)c1C(=O)c1ccccc1N. The summed E-state index contributed by atoms with van der Waals surface area (Å²) in [4.78, 5) is 12.4. The molecule has 0 saturated carbocycles. The lowest BCUT2D eigenvalue weighted by Crippen LogP contribution is -2.09. The summed E-state index contributed by atoms with van der Waals surface area (Å²) in [5, 5.41) is 0. The van der Waals surface area contributed by atoms with Gasteiger partial charge in [0.05, 0.1) is 0 Å². The highest BCUT2D eigenvalue weighted by molar-refractivity contribution is 6.13. The smallest absolute Gasteiger partial charge is 0.195 e. The minimum absolute atomic E-state index is 0.164. The van der Waals surface area contributed by atoms with Gasteiger partial charge >= 0.3 is 0 Å². The average Bonchev–Trinajstić information content (AvgIpc) is 2.27. The molecule has 0 fully saturated rings. The van der Waals surface area contributed by atoms with E-state index >= 15 is 0 Å². The zero-order valence-electron chi connectivity index (χ0n) is 10.3. The first-order valence-electron chi connectivity index (χ1n) is 5.66. The van der Waals surface area contributed by atoms with Gasteiger partial charge in [0.15, 0.2) is 5.78 Å². The highest BCUT2D eigenvalue weighted by Crippen LogP contribution is 2.22. The van der Waals surface area contributed by atoms with Gasteiger partial charge in [0, 0.05) is 16.8 Å². The van der Waals surface area contributed by atoms with Crippen LogP contribution in [0.25, 0.3) is 0 Å². The minimum atomic E-state index is -0.331. The first kappa shape index (κ1) is 12.3.